The van der Waals surface area contributed by atoms with Crippen LogP contribution in [-0.4, -0.2) is 76.5 Å². The number of imidazole rings is 1. The molecule has 218 valence electrons. The average Bonchev–Trinajstić information content (AvgIpc) is 3.40. The molecule has 1 saturated heterocycles. The van der Waals surface area contributed by atoms with Gasteiger partial charge in [0.05, 0.1) is 45.3 Å². The molecular formula is C31H34N6O4S. The summed E-state index contributed by atoms with van der Waals surface area (Å²) in [6.45, 7) is 8.26. The molecule has 3 heterocycles. The Hall–Kier alpha value is -4.06. The van der Waals surface area contributed by atoms with E-state index < -0.39 is 10.0 Å². The first-order valence-electron chi connectivity index (χ1n) is 14.3. The molecule has 5 aromatic rings. The highest BCUT2D eigenvalue weighted by Gasteiger charge is 2.29. The lowest BCUT2D eigenvalue weighted by atomic mass is 10.1. The Kier molecular flexibility index (Phi) is 7.80. The van der Waals surface area contributed by atoms with Crippen LogP contribution in [0.25, 0.3) is 33.3 Å². The molecule has 0 amide bonds. The predicted octanol–water partition coefficient (Wildman–Crippen LogP) is 4.10. The van der Waals surface area contributed by atoms with Gasteiger partial charge in [-0.05, 0) is 48.9 Å². The molecule has 11 heteroatoms. The van der Waals surface area contributed by atoms with Gasteiger partial charge in [0, 0.05) is 32.7 Å². The smallest absolute Gasteiger partial charge is 0.259 e. The predicted molar refractivity (Wildman–Crippen MR) is 163 cm³/mol. The number of ether oxygens (including phenoxy) is 1. The second kappa shape index (κ2) is 11.7. The molecule has 1 fully saturated rings. The van der Waals surface area contributed by atoms with E-state index in [2.05, 4.69) is 21.8 Å². The van der Waals surface area contributed by atoms with Gasteiger partial charge in [0.25, 0.3) is 5.56 Å². The van der Waals surface area contributed by atoms with Gasteiger partial charge in [0.1, 0.15) is 11.6 Å². The fourth-order valence-electron chi connectivity index (χ4n) is 5.35. The number of H-pyrrole nitrogens is 1. The number of aromatic amines is 1. The summed E-state index contributed by atoms with van der Waals surface area (Å²) in [7, 11) is -3.75. The lowest BCUT2D eigenvalue weighted by Gasteiger charge is -2.33. The summed E-state index contributed by atoms with van der Waals surface area (Å²) in [4.78, 5) is 28.0. The molecule has 3 aromatic carbocycles. The normalized spacial score (nSPS) is 15.0. The highest BCUT2D eigenvalue weighted by molar-refractivity contribution is 7.89. The minimum atomic E-state index is -3.75. The minimum Gasteiger partial charge on any atom is -0.493 e. The van der Waals surface area contributed by atoms with Crippen molar-refractivity contribution in [3.8, 4) is 17.1 Å². The lowest BCUT2D eigenvalue weighted by molar-refractivity contribution is 0.196. The average molecular weight is 587 g/mol. The summed E-state index contributed by atoms with van der Waals surface area (Å²) in [6.07, 6.45) is 2.53. The number of sulfonamides is 1. The topological polar surface area (TPSA) is 113 Å². The molecule has 0 atom stereocenters. The maximum absolute atomic E-state index is 13.6. The highest BCUT2D eigenvalue weighted by Crippen LogP contribution is 2.32. The lowest BCUT2D eigenvalue weighted by Crippen LogP contribution is -2.48. The Morgan fingerprint density at radius 1 is 0.952 bits per heavy atom. The number of hydrogen-bond acceptors (Lipinski definition) is 7. The number of nitrogens with one attached hydrogen (secondary N) is 1. The molecule has 0 bridgehead atoms. The monoisotopic (exact) mass is 586 g/mol. The largest absolute Gasteiger partial charge is 0.493 e. The van der Waals surface area contributed by atoms with Crippen LogP contribution in [-0.2, 0) is 16.6 Å². The highest BCUT2D eigenvalue weighted by atomic mass is 32.2. The van der Waals surface area contributed by atoms with Gasteiger partial charge in [-0.2, -0.15) is 4.31 Å². The maximum Gasteiger partial charge on any atom is 0.259 e. The van der Waals surface area contributed by atoms with Crippen molar-refractivity contribution >= 4 is 32.0 Å². The first kappa shape index (κ1) is 28.1. The Labute approximate surface area is 244 Å². The molecule has 1 N–H and O–H groups in total. The number of benzene rings is 3. The second-order valence-corrected chi connectivity index (χ2v) is 12.4. The fourth-order valence-corrected chi connectivity index (χ4v) is 6.80. The van der Waals surface area contributed by atoms with E-state index in [1.165, 1.54) is 4.31 Å². The van der Waals surface area contributed by atoms with Crippen molar-refractivity contribution in [3.05, 3.63) is 82.9 Å². The number of piperazine rings is 1. The zero-order valence-corrected chi connectivity index (χ0v) is 24.6. The third-order valence-corrected chi connectivity index (χ3v) is 9.62. The number of hydrogen-bond donors (Lipinski definition) is 1. The van der Waals surface area contributed by atoms with Gasteiger partial charge >= 0.3 is 0 Å². The van der Waals surface area contributed by atoms with E-state index in [9.17, 15) is 13.2 Å². The molecule has 0 radical (unpaired) electrons. The first-order valence-corrected chi connectivity index (χ1v) is 15.7. The van der Waals surface area contributed by atoms with E-state index in [0.717, 1.165) is 24.0 Å². The van der Waals surface area contributed by atoms with Gasteiger partial charge in [-0.1, -0.05) is 44.2 Å². The van der Waals surface area contributed by atoms with Crippen molar-refractivity contribution in [2.45, 2.75) is 31.7 Å². The second-order valence-electron chi connectivity index (χ2n) is 10.5. The number of nitrogens with zero attached hydrogens (tertiary/aromatic N) is 5. The molecular weight excluding hydrogens is 552 g/mol. The first-order chi connectivity index (χ1) is 20.4. The fraction of sp³-hybridized carbons (Fsp3) is 0.323. The van der Waals surface area contributed by atoms with Gasteiger partial charge in [-0.15, -0.1) is 0 Å². The van der Waals surface area contributed by atoms with Crippen molar-refractivity contribution in [2.75, 3.05) is 39.3 Å². The molecule has 0 spiro atoms. The van der Waals surface area contributed by atoms with Crippen LogP contribution >= 0.6 is 0 Å². The van der Waals surface area contributed by atoms with E-state index >= 15 is 0 Å². The molecule has 0 unspecified atom stereocenters. The Bertz CT molecular complexity index is 1890. The van der Waals surface area contributed by atoms with Crippen molar-refractivity contribution in [2.24, 2.45) is 0 Å². The Balaban J connectivity index is 1.41. The molecule has 6 rings (SSSR count). The summed E-state index contributed by atoms with van der Waals surface area (Å²) in [5.41, 5.74) is 3.24. The molecule has 10 nitrogen and oxygen atoms in total. The van der Waals surface area contributed by atoms with Gasteiger partial charge < -0.3 is 19.2 Å². The van der Waals surface area contributed by atoms with Crippen LogP contribution in [0.1, 0.15) is 25.8 Å². The van der Waals surface area contributed by atoms with E-state index in [1.54, 1.807) is 30.6 Å². The van der Waals surface area contributed by atoms with Crippen LogP contribution in [0.3, 0.4) is 0 Å². The van der Waals surface area contributed by atoms with E-state index in [0.29, 0.717) is 67.1 Å². The molecule has 2 aromatic heterocycles. The summed E-state index contributed by atoms with van der Waals surface area (Å²) >= 11 is 0. The summed E-state index contributed by atoms with van der Waals surface area (Å²) < 4.78 is 36.7. The summed E-state index contributed by atoms with van der Waals surface area (Å²) in [5.74, 6) is 0.705. The van der Waals surface area contributed by atoms with Crippen LogP contribution in [0.2, 0.25) is 0 Å². The van der Waals surface area contributed by atoms with Crippen molar-refractivity contribution in [1.29, 1.82) is 0 Å². The quantitative estimate of drug-likeness (QED) is 0.277. The Morgan fingerprint density at radius 3 is 2.48 bits per heavy atom. The minimum absolute atomic E-state index is 0.143. The number of rotatable bonds is 9. The van der Waals surface area contributed by atoms with Gasteiger partial charge in [-0.3, -0.25) is 4.79 Å². The van der Waals surface area contributed by atoms with Gasteiger partial charge in [0.2, 0.25) is 10.0 Å². The standard InChI is InChI=1S/C31H34N6O4S/c1-3-16-41-29-11-10-23(42(39,40)37-14-12-35(4-2)13-15-37)17-25(29)30-33-26-19-27-28(18-24(26)31(38)34-30)36(21-32-27)20-22-8-6-5-7-9-22/h5-11,17-19,21H,3-4,12-16,20H2,1-2H3,(H,33,34,38). The van der Waals surface area contributed by atoms with Crippen molar-refractivity contribution < 1.29 is 13.2 Å². The summed E-state index contributed by atoms with van der Waals surface area (Å²) in [6, 6.07) is 18.4. The number of likely N-dealkylation sites (N-methyl/N-ethyl adjacent to an activating group) is 1. The van der Waals surface area contributed by atoms with Crippen LogP contribution in [0.5, 0.6) is 5.75 Å². The van der Waals surface area contributed by atoms with Crippen molar-refractivity contribution in [3.63, 3.8) is 0 Å². The van der Waals surface area contributed by atoms with Crippen LogP contribution in [0, 0.1) is 0 Å². The molecule has 1 aliphatic rings. The van der Waals surface area contributed by atoms with Crippen LogP contribution in [0.4, 0.5) is 0 Å². The van der Waals surface area contributed by atoms with E-state index in [-0.39, 0.29) is 16.3 Å². The molecule has 1 aliphatic heterocycles. The maximum atomic E-state index is 13.6. The number of aromatic nitrogens is 4. The third-order valence-electron chi connectivity index (χ3n) is 7.73. The van der Waals surface area contributed by atoms with Crippen LogP contribution in [0.15, 0.2) is 76.7 Å². The van der Waals surface area contributed by atoms with Crippen LogP contribution < -0.4 is 10.3 Å². The van der Waals surface area contributed by atoms with Gasteiger partial charge in [-0.25, -0.2) is 18.4 Å². The van der Waals surface area contributed by atoms with E-state index in [1.807, 2.05) is 47.9 Å². The molecule has 42 heavy (non-hydrogen) atoms. The number of fused-ring (bicyclic) bond motifs is 2. The van der Waals surface area contributed by atoms with Crippen molar-refractivity contribution in [1.82, 2.24) is 28.7 Å². The third kappa shape index (κ3) is 5.42. The van der Waals surface area contributed by atoms with E-state index in [4.69, 9.17) is 9.72 Å². The zero-order chi connectivity index (χ0) is 29.3. The molecule has 0 aliphatic carbocycles. The SMILES string of the molecule is CCCOc1ccc(S(=O)(=O)N2CCN(CC)CC2)cc1-c1nc2cc3ncn(Cc4ccccc4)c3cc2c(=O)[nH]1. The zero-order valence-electron chi connectivity index (χ0n) is 23.8. The molecule has 0 saturated carbocycles. The Morgan fingerprint density at radius 2 is 1.74 bits per heavy atom. The summed E-state index contributed by atoms with van der Waals surface area (Å²) in [5, 5.41) is 0.426. The van der Waals surface area contributed by atoms with Gasteiger partial charge in [0.15, 0.2) is 0 Å².